The maximum absolute atomic E-state index is 5.35. The first-order chi connectivity index (χ1) is 11.5. The van der Waals surface area contributed by atoms with Gasteiger partial charge in [0.05, 0.1) is 13.2 Å². The van der Waals surface area contributed by atoms with Gasteiger partial charge in [-0.25, -0.2) is 0 Å². The van der Waals surface area contributed by atoms with Crippen molar-refractivity contribution in [3.63, 3.8) is 0 Å². The van der Waals surface area contributed by atoms with E-state index in [2.05, 4.69) is 67.9 Å². The van der Waals surface area contributed by atoms with E-state index in [4.69, 9.17) is 9.73 Å². The summed E-state index contributed by atoms with van der Waals surface area (Å²) in [5.74, 6) is 0.833. The van der Waals surface area contributed by atoms with Crippen LogP contribution in [0, 0.1) is 0 Å². The number of ether oxygens (including phenoxy) is 1. The molecule has 0 spiro atoms. The third kappa shape index (κ3) is 10.7. The number of nitrogens with zero attached hydrogens (tertiary/aromatic N) is 1. The van der Waals surface area contributed by atoms with Crippen LogP contribution in [0.1, 0.15) is 46.2 Å². The zero-order chi connectivity index (χ0) is 17.8. The van der Waals surface area contributed by atoms with Gasteiger partial charge in [0, 0.05) is 31.3 Å². The quantitative estimate of drug-likeness (QED) is 0.216. The molecule has 1 rings (SSSR count). The molecule has 0 aliphatic heterocycles. The Bertz CT molecular complexity index is 480. The highest BCUT2D eigenvalue weighted by molar-refractivity contribution is 14.0. The molecule has 0 saturated heterocycles. The number of hydrogen-bond donors (Lipinski definition) is 3. The van der Waals surface area contributed by atoms with Gasteiger partial charge in [-0.2, -0.15) is 0 Å². The maximum atomic E-state index is 5.35. The monoisotopic (exact) mass is 462 g/mol. The molecule has 0 aromatic heterocycles. The highest BCUT2D eigenvalue weighted by Gasteiger charge is 2.20. The Hall–Kier alpha value is -0.860. The number of aliphatic imine (C=N–C) groups is 1. The minimum atomic E-state index is -0.0997. The Morgan fingerprint density at radius 3 is 2.44 bits per heavy atom. The van der Waals surface area contributed by atoms with Gasteiger partial charge in [0.25, 0.3) is 0 Å². The fourth-order valence-corrected chi connectivity index (χ4v) is 2.46. The largest absolute Gasteiger partial charge is 0.380 e. The van der Waals surface area contributed by atoms with Crippen LogP contribution in [0.15, 0.2) is 35.3 Å². The molecular formula is C19H35IN4O. The van der Waals surface area contributed by atoms with Gasteiger partial charge < -0.3 is 20.7 Å². The molecular weight excluding hydrogens is 427 g/mol. The topological polar surface area (TPSA) is 57.7 Å². The number of benzene rings is 1. The van der Waals surface area contributed by atoms with Crippen molar-refractivity contribution in [2.45, 2.75) is 46.2 Å². The summed E-state index contributed by atoms with van der Waals surface area (Å²) in [4.78, 5) is 4.71. The molecule has 0 amide bonds. The summed E-state index contributed by atoms with van der Waals surface area (Å²) >= 11 is 0. The van der Waals surface area contributed by atoms with Gasteiger partial charge in [0.2, 0.25) is 0 Å². The third-order valence-corrected chi connectivity index (χ3v) is 3.63. The van der Waals surface area contributed by atoms with Crippen LogP contribution < -0.4 is 16.0 Å². The normalized spacial score (nSPS) is 13.1. The molecule has 1 unspecified atom stereocenters. The molecule has 6 heteroatoms. The van der Waals surface area contributed by atoms with Crippen LogP contribution in [-0.4, -0.2) is 44.3 Å². The molecule has 5 nitrogen and oxygen atoms in total. The summed E-state index contributed by atoms with van der Waals surface area (Å²) < 4.78 is 5.35. The van der Waals surface area contributed by atoms with E-state index in [-0.39, 0.29) is 35.6 Å². The Balaban J connectivity index is 0.00000576. The molecule has 144 valence electrons. The molecule has 1 aromatic carbocycles. The lowest BCUT2D eigenvalue weighted by Crippen LogP contribution is -2.45. The number of halogens is 1. The standard InChI is InChI=1S/C19H34N4O.HI/c1-6-20-18(21-13-14-24-7-2)22-15-19(4,5)23-16(3)17-11-9-8-10-12-17;/h8-12,16,23H,6-7,13-15H2,1-5H3,(H2,20,21,22);1H. The van der Waals surface area contributed by atoms with E-state index in [1.165, 1.54) is 5.56 Å². The van der Waals surface area contributed by atoms with E-state index in [1.54, 1.807) is 0 Å². The van der Waals surface area contributed by atoms with E-state index in [0.717, 1.165) is 25.7 Å². The lowest BCUT2D eigenvalue weighted by molar-refractivity contribution is 0.152. The van der Waals surface area contributed by atoms with Crippen LogP contribution >= 0.6 is 24.0 Å². The first kappa shape index (κ1) is 24.1. The number of guanidine groups is 1. The van der Waals surface area contributed by atoms with Gasteiger partial charge in [0.15, 0.2) is 5.96 Å². The van der Waals surface area contributed by atoms with Crippen molar-refractivity contribution in [3.05, 3.63) is 35.9 Å². The van der Waals surface area contributed by atoms with E-state index in [9.17, 15) is 0 Å². The fraction of sp³-hybridized carbons (Fsp3) is 0.632. The van der Waals surface area contributed by atoms with Crippen LogP contribution in [0.2, 0.25) is 0 Å². The second-order valence-corrected chi connectivity index (χ2v) is 6.48. The molecule has 1 atom stereocenters. The average molecular weight is 462 g/mol. The van der Waals surface area contributed by atoms with Crippen LogP contribution in [0.4, 0.5) is 0 Å². The highest BCUT2D eigenvalue weighted by atomic mass is 127. The summed E-state index contributed by atoms with van der Waals surface area (Å²) in [6.07, 6.45) is 0. The maximum Gasteiger partial charge on any atom is 0.191 e. The molecule has 0 bridgehead atoms. The van der Waals surface area contributed by atoms with Crippen molar-refractivity contribution in [2.75, 3.05) is 32.8 Å². The fourth-order valence-electron chi connectivity index (χ4n) is 2.46. The summed E-state index contributed by atoms with van der Waals surface area (Å²) in [5, 5.41) is 10.2. The van der Waals surface area contributed by atoms with Crippen molar-refractivity contribution in [2.24, 2.45) is 4.99 Å². The average Bonchev–Trinajstić information content (AvgIpc) is 2.57. The predicted octanol–water partition coefficient (Wildman–Crippen LogP) is 3.33. The molecule has 0 saturated carbocycles. The van der Waals surface area contributed by atoms with Crippen molar-refractivity contribution in [1.82, 2.24) is 16.0 Å². The highest BCUT2D eigenvalue weighted by Crippen LogP contribution is 2.16. The summed E-state index contributed by atoms with van der Waals surface area (Å²) in [7, 11) is 0. The van der Waals surface area contributed by atoms with Crippen LogP contribution in [-0.2, 0) is 4.74 Å². The summed E-state index contributed by atoms with van der Waals surface area (Å²) in [6.45, 7) is 14.3. The first-order valence-electron chi connectivity index (χ1n) is 8.91. The zero-order valence-electron chi connectivity index (χ0n) is 16.3. The Kier molecular flexibility index (Phi) is 12.9. The predicted molar refractivity (Wildman–Crippen MR) is 118 cm³/mol. The Morgan fingerprint density at radius 1 is 1.16 bits per heavy atom. The molecule has 0 aliphatic rings. The van der Waals surface area contributed by atoms with Crippen molar-refractivity contribution in [1.29, 1.82) is 0 Å². The van der Waals surface area contributed by atoms with E-state index in [0.29, 0.717) is 13.2 Å². The minimum Gasteiger partial charge on any atom is -0.380 e. The van der Waals surface area contributed by atoms with Gasteiger partial charge >= 0.3 is 0 Å². The zero-order valence-corrected chi connectivity index (χ0v) is 18.6. The van der Waals surface area contributed by atoms with Gasteiger partial charge in [-0.05, 0) is 40.2 Å². The van der Waals surface area contributed by atoms with Crippen LogP contribution in [0.5, 0.6) is 0 Å². The lowest BCUT2D eigenvalue weighted by Gasteiger charge is -2.29. The summed E-state index contributed by atoms with van der Waals surface area (Å²) in [6, 6.07) is 10.8. The van der Waals surface area contributed by atoms with Crippen molar-refractivity contribution < 1.29 is 4.74 Å². The van der Waals surface area contributed by atoms with Crippen molar-refractivity contribution in [3.8, 4) is 0 Å². The van der Waals surface area contributed by atoms with Gasteiger partial charge in [-0.15, -0.1) is 24.0 Å². The first-order valence-corrected chi connectivity index (χ1v) is 8.91. The van der Waals surface area contributed by atoms with Gasteiger partial charge in [-0.3, -0.25) is 4.99 Å². The second-order valence-electron chi connectivity index (χ2n) is 6.48. The summed E-state index contributed by atoms with van der Waals surface area (Å²) in [5.41, 5.74) is 1.19. The SMILES string of the molecule is CCNC(=NCC(C)(C)NC(C)c1ccccc1)NCCOCC.I. The van der Waals surface area contributed by atoms with E-state index < -0.39 is 0 Å². The van der Waals surface area contributed by atoms with Gasteiger partial charge in [0.1, 0.15) is 0 Å². The van der Waals surface area contributed by atoms with E-state index in [1.807, 2.05) is 13.0 Å². The lowest BCUT2D eigenvalue weighted by atomic mass is 10.0. The molecule has 1 aromatic rings. The third-order valence-electron chi connectivity index (χ3n) is 3.63. The van der Waals surface area contributed by atoms with E-state index >= 15 is 0 Å². The van der Waals surface area contributed by atoms with Crippen LogP contribution in [0.25, 0.3) is 0 Å². The second kappa shape index (κ2) is 13.4. The molecule has 3 N–H and O–H groups in total. The molecule has 0 fully saturated rings. The number of nitrogens with one attached hydrogen (secondary N) is 3. The van der Waals surface area contributed by atoms with Crippen LogP contribution in [0.3, 0.4) is 0 Å². The van der Waals surface area contributed by atoms with Gasteiger partial charge in [-0.1, -0.05) is 30.3 Å². The Morgan fingerprint density at radius 2 is 1.84 bits per heavy atom. The minimum absolute atomic E-state index is 0. The smallest absolute Gasteiger partial charge is 0.191 e. The molecule has 0 radical (unpaired) electrons. The Labute approximate surface area is 170 Å². The molecule has 0 aliphatic carbocycles. The molecule has 0 heterocycles. The molecule has 25 heavy (non-hydrogen) atoms. The number of rotatable bonds is 10. The van der Waals surface area contributed by atoms with Crippen molar-refractivity contribution >= 4 is 29.9 Å². The number of hydrogen-bond acceptors (Lipinski definition) is 3.